The molecular weight excluding hydrogens is 236 g/mol. The molecule has 2 N–H and O–H groups in total. The molecule has 2 saturated heterocycles. The van der Waals surface area contributed by atoms with Crippen molar-refractivity contribution in [1.29, 1.82) is 0 Å². The third-order valence-electron chi connectivity index (χ3n) is 3.44. The first-order valence-electron chi connectivity index (χ1n) is 6.50. The van der Waals surface area contributed by atoms with Crippen molar-refractivity contribution in [3.63, 3.8) is 0 Å². The zero-order valence-electron chi connectivity index (χ0n) is 11.0. The van der Waals surface area contributed by atoms with Crippen molar-refractivity contribution in [2.75, 3.05) is 5.75 Å². The lowest BCUT2D eigenvalue weighted by atomic mass is 10.0. The average molecular weight is 260 g/mol. The number of hydrogen-bond donors (Lipinski definition) is 2. The Bertz CT molecular complexity index is 360. The second kappa shape index (κ2) is 4.52. The van der Waals surface area contributed by atoms with Crippen molar-refractivity contribution in [3.05, 3.63) is 0 Å². The van der Waals surface area contributed by atoms with Crippen LogP contribution in [0.2, 0.25) is 0 Å². The lowest BCUT2D eigenvalue weighted by molar-refractivity contribution is 0.343. The van der Waals surface area contributed by atoms with Crippen molar-refractivity contribution in [1.82, 2.24) is 10.0 Å². The number of rotatable bonds is 3. The molecule has 2 aliphatic rings. The van der Waals surface area contributed by atoms with Crippen molar-refractivity contribution >= 4 is 10.0 Å². The van der Waals surface area contributed by atoms with E-state index < -0.39 is 10.0 Å². The van der Waals surface area contributed by atoms with Gasteiger partial charge in [-0.3, -0.25) is 0 Å². The van der Waals surface area contributed by atoms with Crippen LogP contribution in [0.4, 0.5) is 0 Å². The summed E-state index contributed by atoms with van der Waals surface area (Å²) in [7, 11) is -3.14. The minimum absolute atomic E-state index is 0.140. The molecule has 100 valence electrons. The Morgan fingerprint density at radius 1 is 1.18 bits per heavy atom. The summed E-state index contributed by atoms with van der Waals surface area (Å²) in [5.74, 6) is 0.208. The monoisotopic (exact) mass is 260 g/mol. The molecule has 0 amide bonds. The number of sulfonamides is 1. The molecule has 0 aliphatic carbocycles. The molecule has 4 nitrogen and oxygen atoms in total. The Kier molecular flexibility index (Phi) is 3.54. The van der Waals surface area contributed by atoms with Gasteiger partial charge in [0.2, 0.25) is 10.0 Å². The van der Waals surface area contributed by atoms with Crippen molar-refractivity contribution in [2.45, 2.75) is 64.6 Å². The highest BCUT2D eigenvalue weighted by molar-refractivity contribution is 7.89. The fraction of sp³-hybridized carbons (Fsp3) is 1.00. The van der Waals surface area contributed by atoms with Crippen LogP contribution in [0, 0.1) is 5.41 Å². The molecule has 5 heteroatoms. The lowest BCUT2D eigenvalue weighted by Crippen LogP contribution is -2.49. The molecule has 2 atom stereocenters. The molecule has 2 rings (SSSR count). The molecule has 2 aliphatic heterocycles. The molecule has 0 spiro atoms. The second-order valence-corrected chi connectivity index (χ2v) is 8.50. The van der Waals surface area contributed by atoms with E-state index in [9.17, 15) is 8.42 Å². The first-order chi connectivity index (χ1) is 7.73. The summed E-state index contributed by atoms with van der Waals surface area (Å²) in [5, 5.41) is 3.52. The number of nitrogens with one attached hydrogen (secondary N) is 2. The molecular formula is C12H24N2O2S. The van der Waals surface area contributed by atoms with Gasteiger partial charge in [-0.2, -0.15) is 0 Å². The molecule has 2 fully saturated rings. The Balaban J connectivity index is 1.92. The third kappa shape index (κ3) is 3.93. The van der Waals surface area contributed by atoms with Gasteiger partial charge in [-0.15, -0.1) is 0 Å². The SMILES string of the molecule is CC(C)(C)CS(=O)(=O)NC1CC2CCC(C1)N2. The predicted octanol–water partition coefficient (Wildman–Crippen LogP) is 1.23. The summed E-state index contributed by atoms with van der Waals surface area (Å²) in [4.78, 5) is 0. The second-order valence-electron chi connectivity index (χ2n) is 6.74. The first-order valence-corrected chi connectivity index (χ1v) is 8.15. The molecule has 2 bridgehead atoms. The molecule has 0 aromatic rings. The maximum Gasteiger partial charge on any atom is 0.212 e. The van der Waals surface area contributed by atoms with Gasteiger partial charge in [-0.05, 0) is 31.1 Å². The van der Waals surface area contributed by atoms with E-state index in [0.29, 0.717) is 12.1 Å². The number of fused-ring (bicyclic) bond motifs is 2. The maximum atomic E-state index is 12.0. The summed E-state index contributed by atoms with van der Waals surface area (Å²) in [5.41, 5.74) is -0.183. The standard InChI is InChI=1S/C12H24N2O2S/c1-12(2,3)8-17(15,16)14-11-6-9-4-5-10(7-11)13-9/h9-11,13-14H,4-8H2,1-3H3. The number of piperidine rings is 1. The normalized spacial score (nSPS) is 33.9. The van der Waals surface area contributed by atoms with Crippen molar-refractivity contribution in [3.8, 4) is 0 Å². The molecule has 17 heavy (non-hydrogen) atoms. The summed E-state index contributed by atoms with van der Waals surface area (Å²) in [6.07, 6.45) is 4.28. The molecule has 2 unspecified atom stereocenters. The van der Waals surface area contributed by atoms with Gasteiger partial charge in [0, 0.05) is 18.1 Å². The maximum absolute atomic E-state index is 12.0. The highest BCUT2D eigenvalue weighted by Crippen LogP contribution is 2.27. The van der Waals surface area contributed by atoms with Crippen LogP contribution < -0.4 is 10.0 Å². The van der Waals surface area contributed by atoms with Gasteiger partial charge in [0.1, 0.15) is 0 Å². The van der Waals surface area contributed by atoms with E-state index in [2.05, 4.69) is 10.0 Å². The fourth-order valence-electron chi connectivity index (χ4n) is 3.02. The van der Waals surface area contributed by atoms with Crippen LogP contribution in [0.5, 0.6) is 0 Å². The fourth-order valence-corrected chi connectivity index (χ4v) is 4.94. The molecule has 0 aromatic carbocycles. The van der Waals surface area contributed by atoms with Gasteiger partial charge in [0.05, 0.1) is 5.75 Å². The van der Waals surface area contributed by atoms with Crippen LogP contribution in [0.25, 0.3) is 0 Å². The highest BCUT2D eigenvalue weighted by atomic mass is 32.2. The minimum atomic E-state index is -3.14. The van der Waals surface area contributed by atoms with Gasteiger partial charge >= 0.3 is 0 Å². The van der Waals surface area contributed by atoms with Crippen LogP contribution in [0.3, 0.4) is 0 Å². The van der Waals surface area contributed by atoms with Gasteiger partial charge in [0.15, 0.2) is 0 Å². The topological polar surface area (TPSA) is 58.2 Å². The van der Waals surface area contributed by atoms with Crippen LogP contribution in [-0.4, -0.2) is 32.3 Å². The zero-order chi connectivity index (χ0) is 12.7. The minimum Gasteiger partial charge on any atom is -0.311 e. The van der Waals surface area contributed by atoms with E-state index in [1.807, 2.05) is 20.8 Å². The van der Waals surface area contributed by atoms with Gasteiger partial charge in [-0.1, -0.05) is 20.8 Å². The van der Waals surface area contributed by atoms with Gasteiger partial charge < -0.3 is 5.32 Å². The largest absolute Gasteiger partial charge is 0.311 e. The van der Waals surface area contributed by atoms with Crippen LogP contribution in [0.15, 0.2) is 0 Å². The van der Waals surface area contributed by atoms with E-state index in [1.165, 1.54) is 12.8 Å². The van der Waals surface area contributed by atoms with Crippen LogP contribution >= 0.6 is 0 Å². The predicted molar refractivity (Wildman–Crippen MR) is 69.3 cm³/mol. The zero-order valence-corrected chi connectivity index (χ0v) is 11.8. The van der Waals surface area contributed by atoms with E-state index in [1.54, 1.807) is 0 Å². The number of hydrogen-bond acceptors (Lipinski definition) is 3. The third-order valence-corrected chi connectivity index (χ3v) is 5.38. The van der Waals surface area contributed by atoms with Crippen molar-refractivity contribution in [2.24, 2.45) is 5.41 Å². The summed E-state index contributed by atoms with van der Waals surface area (Å²) >= 11 is 0. The Hall–Kier alpha value is -0.130. The van der Waals surface area contributed by atoms with E-state index in [4.69, 9.17) is 0 Å². The lowest BCUT2D eigenvalue weighted by Gasteiger charge is -2.30. The Morgan fingerprint density at radius 2 is 1.71 bits per heavy atom. The van der Waals surface area contributed by atoms with Gasteiger partial charge in [0.25, 0.3) is 0 Å². The van der Waals surface area contributed by atoms with E-state index in [-0.39, 0.29) is 17.2 Å². The Labute approximate surface area is 105 Å². The molecule has 0 saturated carbocycles. The summed E-state index contributed by atoms with van der Waals surface area (Å²) in [6.45, 7) is 5.87. The van der Waals surface area contributed by atoms with Gasteiger partial charge in [-0.25, -0.2) is 13.1 Å². The van der Waals surface area contributed by atoms with E-state index >= 15 is 0 Å². The Morgan fingerprint density at radius 3 is 2.18 bits per heavy atom. The smallest absolute Gasteiger partial charge is 0.212 e. The van der Waals surface area contributed by atoms with Crippen molar-refractivity contribution < 1.29 is 8.42 Å². The molecule has 0 radical (unpaired) electrons. The van der Waals surface area contributed by atoms with E-state index in [0.717, 1.165) is 12.8 Å². The molecule has 0 aromatic heterocycles. The van der Waals surface area contributed by atoms with Crippen LogP contribution in [-0.2, 0) is 10.0 Å². The molecule has 2 heterocycles. The quantitative estimate of drug-likeness (QED) is 0.802. The average Bonchev–Trinajstić information content (AvgIpc) is 2.40. The van der Waals surface area contributed by atoms with Crippen LogP contribution in [0.1, 0.15) is 46.5 Å². The summed E-state index contributed by atoms with van der Waals surface area (Å²) in [6, 6.07) is 1.19. The summed E-state index contributed by atoms with van der Waals surface area (Å²) < 4.78 is 26.9. The first kappa shape index (κ1) is 13.3. The highest BCUT2D eigenvalue weighted by Gasteiger charge is 2.35.